The van der Waals surface area contributed by atoms with Gasteiger partial charge >= 0.3 is 0 Å². The summed E-state index contributed by atoms with van der Waals surface area (Å²) in [4.78, 5) is 17.6. The SMILES string of the molecule is CCOCCn1c(=NC(=O)c2ccnn2CC)sc2cc(Cl)ccc21. The van der Waals surface area contributed by atoms with Gasteiger partial charge in [0, 0.05) is 30.9 Å². The number of nitrogens with zero attached hydrogens (tertiary/aromatic N) is 4. The fourth-order valence-electron chi connectivity index (χ4n) is 2.56. The summed E-state index contributed by atoms with van der Waals surface area (Å²) in [5, 5.41) is 4.79. The van der Waals surface area contributed by atoms with E-state index < -0.39 is 0 Å². The molecule has 0 radical (unpaired) electrons. The maximum absolute atomic E-state index is 12.6. The van der Waals surface area contributed by atoms with E-state index in [-0.39, 0.29) is 5.91 Å². The van der Waals surface area contributed by atoms with Crippen molar-refractivity contribution in [2.75, 3.05) is 13.2 Å². The first-order valence-corrected chi connectivity index (χ1v) is 9.31. The third-order valence-electron chi connectivity index (χ3n) is 3.74. The average Bonchev–Trinajstić information content (AvgIpc) is 3.19. The highest BCUT2D eigenvalue weighted by Gasteiger charge is 2.12. The van der Waals surface area contributed by atoms with E-state index in [1.807, 2.05) is 36.6 Å². The van der Waals surface area contributed by atoms with Crippen molar-refractivity contribution >= 4 is 39.1 Å². The van der Waals surface area contributed by atoms with Crippen LogP contribution in [0.5, 0.6) is 0 Å². The molecule has 25 heavy (non-hydrogen) atoms. The molecule has 0 aliphatic carbocycles. The third kappa shape index (κ3) is 3.84. The van der Waals surface area contributed by atoms with Crippen molar-refractivity contribution in [3.63, 3.8) is 0 Å². The van der Waals surface area contributed by atoms with Crippen molar-refractivity contribution in [1.29, 1.82) is 0 Å². The number of amides is 1. The van der Waals surface area contributed by atoms with Crippen molar-refractivity contribution < 1.29 is 9.53 Å². The summed E-state index contributed by atoms with van der Waals surface area (Å²) >= 11 is 7.54. The topological polar surface area (TPSA) is 61.4 Å². The van der Waals surface area contributed by atoms with Crippen LogP contribution < -0.4 is 4.80 Å². The van der Waals surface area contributed by atoms with Crippen molar-refractivity contribution in [2.24, 2.45) is 4.99 Å². The Morgan fingerprint density at radius 2 is 2.20 bits per heavy atom. The Bertz CT molecular complexity index is 957. The minimum Gasteiger partial charge on any atom is -0.380 e. The van der Waals surface area contributed by atoms with E-state index in [0.717, 1.165) is 10.2 Å². The second kappa shape index (κ2) is 7.95. The van der Waals surface area contributed by atoms with Crippen LogP contribution in [0.4, 0.5) is 0 Å². The molecule has 0 bridgehead atoms. The summed E-state index contributed by atoms with van der Waals surface area (Å²) < 4.78 is 10.1. The van der Waals surface area contributed by atoms with Gasteiger partial charge in [0.15, 0.2) is 4.80 Å². The van der Waals surface area contributed by atoms with Gasteiger partial charge in [-0.3, -0.25) is 9.48 Å². The lowest BCUT2D eigenvalue weighted by Gasteiger charge is -2.05. The Morgan fingerprint density at radius 3 is 2.96 bits per heavy atom. The molecule has 0 saturated heterocycles. The number of fused-ring (bicyclic) bond motifs is 1. The molecule has 8 heteroatoms. The minimum absolute atomic E-state index is 0.304. The van der Waals surface area contributed by atoms with Gasteiger partial charge in [0.2, 0.25) is 0 Å². The lowest BCUT2D eigenvalue weighted by molar-refractivity contribution is 0.0986. The van der Waals surface area contributed by atoms with Gasteiger partial charge in [-0.25, -0.2) is 0 Å². The molecule has 0 aliphatic heterocycles. The molecule has 0 atom stereocenters. The first kappa shape index (κ1) is 17.8. The van der Waals surface area contributed by atoms with Gasteiger partial charge in [0.25, 0.3) is 5.91 Å². The predicted octanol–water partition coefficient (Wildman–Crippen LogP) is 3.35. The van der Waals surface area contributed by atoms with E-state index in [1.165, 1.54) is 11.3 Å². The smallest absolute Gasteiger partial charge is 0.297 e. The number of hydrogen-bond donors (Lipinski definition) is 0. The molecule has 2 aromatic heterocycles. The van der Waals surface area contributed by atoms with Gasteiger partial charge < -0.3 is 9.30 Å². The van der Waals surface area contributed by atoms with Crippen LogP contribution in [0.25, 0.3) is 10.2 Å². The number of ether oxygens (including phenoxy) is 1. The van der Waals surface area contributed by atoms with E-state index in [2.05, 4.69) is 10.1 Å². The number of benzene rings is 1. The summed E-state index contributed by atoms with van der Waals surface area (Å²) in [6.07, 6.45) is 1.61. The Balaban J connectivity index is 2.07. The van der Waals surface area contributed by atoms with Crippen LogP contribution in [0.15, 0.2) is 35.5 Å². The van der Waals surface area contributed by atoms with Gasteiger partial charge in [0.1, 0.15) is 5.69 Å². The second-order valence-corrected chi connectivity index (χ2v) is 6.74. The van der Waals surface area contributed by atoms with Gasteiger partial charge in [-0.2, -0.15) is 10.1 Å². The van der Waals surface area contributed by atoms with Crippen molar-refractivity contribution in [3.05, 3.63) is 46.0 Å². The second-order valence-electron chi connectivity index (χ2n) is 5.29. The van der Waals surface area contributed by atoms with Crippen molar-refractivity contribution in [1.82, 2.24) is 14.3 Å². The van der Waals surface area contributed by atoms with E-state index in [1.54, 1.807) is 16.9 Å². The van der Waals surface area contributed by atoms with Crippen molar-refractivity contribution in [3.8, 4) is 0 Å². The van der Waals surface area contributed by atoms with Crippen LogP contribution in [-0.2, 0) is 17.8 Å². The summed E-state index contributed by atoms with van der Waals surface area (Å²) in [5.41, 5.74) is 1.47. The first-order valence-electron chi connectivity index (χ1n) is 8.11. The summed E-state index contributed by atoms with van der Waals surface area (Å²) in [6.45, 7) is 6.34. The van der Waals surface area contributed by atoms with E-state index in [4.69, 9.17) is 16.3 Å². The van der Waals surface area contributed by atoms with Crippen LogP contribution in [0.3, 0.4) is 0 Å². The largest absolute Gasteiger partial charge is 0.380 e. The Hall–Kier alpha value is -1.96. The molecule has 6 nitrogen and oxygen atoms in total. The van der Waals surface area contributed by atoms with Crippen LogP contribution in [-0.4, -0.2) is 33.5 Å². The zero-order valence-corrected chi connectivity index (χ0v) is 15.7. The number of halogens is 1. The lowest BCUT2D eigenvalue weighted by Crippen LogP contribution is -2.20. The Kier molecular flexibility index (Phi) is 5.67. The number of thiazole rings is 1. The van der Waals surface area contributed by atoms with Gasteiger partial charge in [0.05, 0.1) is 16.8 Å². The molecular formula is C17H19ClN4O2S. The minimum atomic E-state index is -0.304. The summed E-state index contributed by atoms with van der Waals surface area (Å²) in [6, 6.07) is 7.36. The number of carbonyl (C=O) groups is 1. The lowest BCUT2D eigenvalue weighted by atomic mass is 10.3. The predicted molar refractivity (Wildman–Crippen MR) is 99.1 cm³/mol. The summed E-state index contributed by atoms with van der Waals surface area (Å²) in [5.74, 6) is -0.304. The molecule has 0 fully saturated rings. The van der Waals surface area contributed by atoms with Gasteiger partial charge in [-0.1, -0.05) is 22.9 Å². The normalized spacial score (nSPS) is 12.2. The number of carbonyl (C=O) groups excluding carboxylic acids is 1. The monoisotopic (exact) mass is 378 g/mol. The maximum Gasteiger partial charge on any atom is 0.297 e. The summed E-state index contributed by atoms with van der Waals surface area (Å²) in [7, 11) is 0. The van der Waals surface area contributed by atoms with Gasteiger partial charge in [-0.05, 0) is 38.1 Å². The molecule has 3 aromatic rings. The van der Waals surface area contributed by atoms with E-state index in [0.29, 0.717) is 41.8 Å². The zero-order valence-electron chi connectivity index (χ0n) is 14.1. The van der Waals surface area contributed by atoms with E-state index in [9.17, 15) is 4.79 Å². The molecular weight excluding hydrogens is 360 g/mol. The molecule has 3 rings (SSSR count). The third-order valence-corrected chi connectivity index (χ3v) is 5.02. The Labute approximate surface area is 154 Å². The molecule has 0 saturated carbocycles. The van der Waals surface area contributed by atoms with Crippen molar-refractivity contribution in [2.45, 2.75) is 26.9 Å². The van der Waals surface area contributed by atoms with Crippen LogP contribution >= 0.6 is 22.9 Å². The average molecular weight is 379 g/mol. The highest BCUT2D eigenvalue weighted by Crippen LogP contribution is 2.22. The highest BCUT2D eigenvalue weighted by molar-refractivity contribution is 7.16. The zero-order chi connectivity index (χ0) is 17.8. The van der Waals surface area contributed by atoms with E-state index >= 15 is 0 Å². The fourth-order valence-corrected chi connectivity index (χ4v) is 3.89. The Morgan fingerprint density at radius 1 is 1.36 bits per heavy atom. The van der Waals surface area contributed by atoms with Crippen LogP contribution in [0.1, 0.15) is 24.3 Å². The molecule has 0 N–H and O–H groups in total. The highest BCUT2D eigenvalue weighted by atomic mass is 35.5. The molecule has 2 heterocycles. The molecule has 0 spiro atoms. The van der Waals surface area contributed by atoms with Crippen LogP contribution in [0, 0.1) is 0 Å². The maximum atomic E-state index is 12.6. The van der Waals surface area contributed by atoms with Gasteiger partial charge in [-0.15, -0.1) is 0 Å². The number of aryl methyl sites for hydroxylation is 1. The fraction of sp³-hybridized carbons (Fsp3) is 0.353. The molecule has 0 unspecified atom stereocenters. The quantitative estimate of drug-likeness (QED) is 0.618. The number of rotatable bonds is 6. The number of hydrogen-bond acceptors (Lipinski definition) is 4. The molecule has 132 valence electrons. The molecule has 0 aliphatic rings. The molecule has 1 amide bonds. The first-order chi connectivity index (χ1) is 12.1. The standard InChI is InChI=1S/C17H19ClN4O2S/c1-3-22-14(7-8-19-22)16(23)20-17-21(9-10-24-4-2)13-6-5-12(18)11-15(13)25-17/h5-8,11H,3-4,9-10H2,1-2H3. The molecule has 1 aromatic carbocycles. The number of aromatic nitrogens is 3. The van der Waals surface area contributed by atoms with Crippen LogP contribution in [0.2, 0.25) is 5.02 Å².